The van der Waals surface area contributed by atoms with Gasteiger partial charge in [-0.15, -0.1) is 0 Å². The fourth-order valence-corrected chi connectivity index (χ4v) is 5.13. The van der Waals surface area contributed by atoms with E-state index < -0.39 is 0 Å². The molecule has 0 unspecified atom stereocenters. The van der Waals surface area contributed by atoms with Gasteiger partial charge in [0.25, 0.3) is 0 Å². The van der Waals surface area contributed by atoms with Crippen molar-refractivity contribution in [3.63, 3.8) is 0 Å². The predicted octanol–water partition coefficient (Wildman–Crippen LogP) is 5.92. The molecule has 1 aromatic heterocycles. The van der Waals surface area contributed by atoms with E-state index in [9.17, 15) is 0 Å². The maximum absolute atomic E-state index is 5.64. The summed E-state index contributed by atoms with van der Waals surface area (Å²) in [5, 5.41) is 1.18. The second-order valence-corrected chi connectivity index (χ2v) is 10.1. The van der Waals surface area contributed by atoms with Crippen molar-refractivity contribution in [3.05, 3.63) is 53.9 Å². The minimum Gasteiger partial charge on any atom is -0.496 e. The number of ether oxygens (including phenoxy) is 1. The van der Waals surface area contributed by atoms with Gasteiger partial charge in [-0.1, -0.05) is 32.0 Å². The van der Waals surface area contributed by atoms with E-state index in [1.54, 1.807) is 7.11 Å². The molecule has 1 saturated carbocycles. The number of hydrogen-bond donors (Lipinski definition) is 0. The standard InChI is InChI=1S/C28H36N4O/c1-5-16-31(3)21-10-11-24-23(19-21)26(30-27(29-24)28(2)14-15-28)32-17-12-20(13-18-32)22-8-6-7-9-25(22)33-4/h6-11,19-20H,5,12-18H2,1-4H3. The van der Waals surface area contributed by atoms with Gasteiger partial charge < -0.3 is 14.5 Å². The molecule has 1 aliphatic carbocycles. The van der Waals surface area contributed by atoms with E-state index in [0.29, 0.717) is 5.92 Å². The molecule has 0 radical (unpaired) electrons. The van der Waals surface area contributed by atoms with Gasteiger partial charge in [0.1, 0.15) is 17.4 Å². The first-order chi connectivity index (χ1) is 16.0. The van der Waals surface area contributed by atoms with Crippen molar-refractivity contribution in [1.29, 1.82) is 0 Å². The number of piperidine rings is 1. The topological polar surface area (TPSA) is 41.5 Å². The predicted molar refractivity (Wildman–Crippen MR) is 137 cm³/mol. The molecule has 2 aromatic carbocycles. The van der Waals surface area contributed by atoms with Crippen LogP contribution in [0.15, 0.2) is 42.5 Å². The Morgan fingerprint density at radius 1 is 1.09 bits per heavy atom. The molecule has 2 fully saturated rings. The minimum absolute atomic E-state index is 0.149. The fraction of sp³-hybridized carbons (Fsp3) is 0.500. The molecule has 5 nitrogen and oxygen atoms in total. The molecule has 5 rings (SSSR count). The molecule has 5 heteroatoms. The van der Waals surface area contributed by atoms with Crippen molar-refractivity contribution in [3.8, 4) is 5.75 Å². The van der Waals surface area contributed by atoms with Crippen molar-refractivity contribution in [2.45, 2.75) is 57.3 Å². The number of aromatic nitrogens is 2. The van der Waals surface area contributed by atoms with Gasteiger partial charge in [0.15, 0.2) is 0 Å². The highest BCUT2D eigenvalue weighted by molar-refractivity contribution is 5.92. The summed E-state index contributed by atoms with van der Waals surface area (Å²) < 4.78 is 5.64. The summed E-state index contributed by atoms with van der Waals surface area (Å²) in [6.07, 6.45) is 5.71. The van der Waals surface area contributed by atoms with E-state index in [4.69, 9.17) is 14.7 Å². The molecule has 0 atom stereocenters. The Kier molecular flexibility index (Phi) is 5.90. The van der Waals surface area contributed by atoms with Crippen molar-refractivity contribution in [1.82, 2.24) is 9.97 Å². The lowest BCUT2D eigenvalue weighted by Crippen LogP contribution is -2.34. The van der Waals surface area contributed by atoms with Crippen LogP contribution in [-0.2, 0) is 5.41 Å². The SMILES string of the molecule is CCCN(C)c1ccc2nc(C3(C)CC3)nc(N3CCC(c4ccccc4OC)CC3)c2c1. The number of methoxy groups -OCH3 is 1. The van der Waals surface area contributed by atoms with Crippen LogP contribution in [0, 0.1) is 0 Å². The Morgan fingerprint density at radius 3 is 2.55 bits per heavy atom. The number of benzene rings is 2. The third-order valence-electron chi connectivity index (χ3n) is 7.57. The monoisotopic (exact) mass is 444 g/mol. The molecule has 33 heavy (non-hydrogen) atoms. The zero-order valence-electron chi connectivity index (χ0n) is 20.5. The molecule has 1 aliphatic heterocycles. The van der Waals surface area contributed by atoms with Crippen molar-refractivity contribution < 1.29 is 4.74 Å². The average molecular weight is 445 g/mol. The number of para-hydroxylation sites is 1. The van der Waals surface area contributed by atoms with E-state index in [0.717, 1.165) is 61.8 Å². The van der Waals surface area contributed by atoms with E-state index in [2.05, 4.69) is 73.2 Å². The molecule has 0 amide bonds. The average Bonchev–Trinajstić information content (AvgIpc) is 3.61. The lowest BCUT2D eigenvalue weighted by Gasteiger charge is -2.34. The van der Waals surface area contributed by atoms with E-state index in [-0.39, 0.29) is 5.41 Å². The molecular formula is C28H36N4O. The van der Waals surface area contributed by atoms with Gasteiger partial charge in [0.2, 0.25) is 0 Å². The zero-order chi connectivity index (χ0) is 23.0. The third-order valence-corrected chi connectivity index (χ3v) is 7.57. The molecule has 174 valence electrons. The van der Waals surface area contributed by atoms with Crippen LogP contribution < -0.4 is 14.5 Å². The van der Waals surface area contributed by atoms with Gasteiger partial charge in [-0.3, -0.25) is 0 Å². The zero-order valence-corrected chi connectivity index (χ0v) is 20.5. The second kappa shape index (κ2) is 8.85. The first-order valence-corrected chi connectivity index (χ1v) is 12.4. The summed E-state index contributed by atoms with van der Waals surface area (Å²) in [5.41, 5.74) is 3.80. The summed E-state index contributed by atoms with van der Waals surface area (Å²) in [4.78, 5) is 15.1. The first-order valence-electron chi connectivity index (χ1n) is 12.4. The Labute approximate surface area is 197 Å². The van der Waals surface area contributed by atoms with E-state index in [1.165, 1.54) is 29.5 Å². The van der Waals surface area contributed by atoms with Crippen LogP contribution in [-0.4, -0.2) is 43.8 Å². The lowest BCUT2D eigenvalue weighted by atomic mass is 9.88. The van der Waals surface area contributed by atoms with Crippen LogP contribution in [0.4, 0.5) is 11.5 Å². The van der Waals surface area contributed by atoms with E-state index >= 15 is 0 Å². The van der Waals surface area contributed by atoms with Gasteiger partial charge in [-0.2, -0.15) is 0 Å². The van der Waals surface area contributed by atoms with Crippen LogP contribution >= 0.6 is 0 Å². The van der Waals surface area contributed by atoms with Gasteiger partial charge in [-0.05, 0) is 67.9 Å². The second-order valence-electron chi connectivity index (χ2n) is 10.1. The summed E-state index contributed by atoms with van der Waals surface area (Å²) >= 11 is 0. The van der Waals surface area contributed by atoms with Crippen molar-refractivity contribution >= 4 is 22.4 Å². The highest BCUT2D eigenvalue weighted by Crippen LogP contribution is 2.47. The van der Waals surface area contributed by atoms with E-state index in [1.807, 2.05) is 0 Å². The smallest absolute Gasteiger partial charge is 0.140 e. The molecule has 2 aliphatic rings. The van der Waals surface area contributed by atoms with Crippen molar-refractivity contribution in [2.24, 2.45) is 0 Å². The Bertz CT molecular complexity index is 1130. The van der Waals surface area contributed by atoms with Crippen LogP contribution in [0.2, 0.25) is 0 Å². The van der Waals surface area contributed by atoms with Gasteiger partial charge >= 0.3 is 0 Å². The molecule has 1 saturated heterocycles. The highest BCUT2D eigenvalue weighted by atomic mass is 16.5. The lowest BCUT2D eigenvalue weighted by molar-refractivity contribution is 0.397. The molecule has 0 bridgehead atoms. The minimum atomic E-state index is 0.149. The van der Waals surface area contributed by atoms with Gasteiger partial charge in [0.05, 0.1) is 12.6 Å². The van der Waals surface area contributed by atoms with Gasteiger partial charge in [-0.25, -0.2) is 9.97 Å². The summed E-state index contributed by atoms with van der Waals surface area (Å²) in [6, 6.07) is 15.2. The fourth-order valence-electron chi connectivity index (χ4n) is 5.13. The van der Waals surface area contributed by atoms with Crippen LogP contribution in [0.5, 0.6) is 5.75 Å². The highest BCUT2D eigenvalue weighted by Gasteiger charge is 2.42. The quantitative estimate of drug-likeness (QED) is 0.452. The maximum atomic E-state index is 5.64. The number of hydrogen-bond acceptors (Lipinski definition) is 5. The van der Waals surface area contributed by atoms with Crippen LogP contribution in [0.1, 0.15) is 63.3 Å². The first kappa shape index (κ1) is 22.0. The largest absolute Gasteiger partial charge is 0.496 e. The summed E-state index contributed by atoms with van der Waals surface area (Å²) in [7, 11) is 3.94. The number of anilines is 2. The van der Waals surface area contributed by atoms with Gasteiger partial charge in [0, 0.05) is 43.2 Å². The Morgan fingerprint density at radius 2 is 1.85 bits per heavy atom. The molecule has 3 aromatic rings. The third kappa shape index (κ3) is 4.25. The van der Waals surface area contributed by atoms with Crippen LogP contribution in [0.25, 0.3) is 10.9 Å². The number of rotatable bonds is 7. The molecular weight excluding hydrogens is 408 g/mol. The normalized spacial score (nSPS) is 17.9. The maximum Gasteiger partial charge on any atom is 0.140 e. The summed E-state index contributed by atoms with van der Waals surface area (Å²) in [5.74, 6) is 3.67. The Hall–Kier alpha value is -2.82. The molecule has 0 spiro atoms. The Balaban J connectivity index is 1.48. The number of nitrogens with zero attached hydrogens (tertiary/aromatic N) is 4. The van der Waals surface area contributed by atoms with Crippen LogP contribution in [0.3, 0.4) is 0 Å². The molecule has 2 heterocycles. The summed E-state index contributed by atoms with van der Waals surface area (Å²) in [6.45, 7) is 7.57. The number of fused-ring (bicyclic) bond motifs is 1. The molecule has 0 N–H and O–H groups in total. The van der Waals surface area contributed by atoms with Crippen molar-refractivity contribution in [2.75, 3.05) is 43.6 Å².